The van der Waals surface area contributed by atoms with Crippen LogP contribution in [0, 0.1) is 0 Å². The highest BCUT2D eigenvalue weighted by atomic mass is 32.2. The SMILES string of the molecule is O=C(O)CSc1nnc(C2CCCCC2)n1-c1ccccc1. The lowest BCUT2D eigenvalue weighted by molar-refractivity contribution is -0.133. The maximum atomic E-state index is 10.9. The van der Waals surface area contributed by atoms with Crippen LogP contribution in [0.3, 0.4) is 0 Å². The van der Waals surface area contributed by atoms with Crippen molar-refractivity contribution in [3.8, 4) is 5.69 Å². The first-order chi connectivity index (χ1) is 10.8. The highest BCUT2D eigenvalue weighted by Gasteiger charge is 2.24. The smallest absolute Gasteiger partial charge is 0.313 e. The summed E-state index contributed by atoms with van der Waals surface area (Å²) in [5.41, 5.74) is 1.00. The third-order valence-corrected chi connectivity index (χ3v) is 4.88. The minimum Gasteiger partial charge on any atom is -0.481 e. The molecule has 22 heavy (non-hydrogen) atoms. The molecule has 6 heteroatoms. The Labute approximate surface area is 133 Å². The van der Waals surface area contributed by atoms with Crippen molar-refractivity contribution >= 4 is 17.7 Å². The Bertz CT molecular complexity index is 636. The highest BCUT2D eigenvalue weighted by molar-refractivity contribution is 7.99. The van der Waals surface area contributed by atoms with E-state index < -0.39 is 5.97 Å². The number of aliphatic carboxylic acids is 1. The Kier molecular flexibility index (Phi) is 4.77. The van der Waals surface area contributed by atoms with Crippen molar-refractivity contribution in [1.29, 1.82) is 0 Å². The van der Waals surface area contributed by atoms with Crippen molar-refractivity contribution in [2.45, 2.75) is 43.2 Å². The van der Waals surface area contributed by atoms with Gasteiger partial charge in [0.05, 0.1) is 5.75 Å². The molecule has 1 N–H and O–H groups in total. The summed E-state index contributed by atoms with van der Waals surface area (Å²) >= 11 is 1.22. The number of nitrogens with zero attached hydrogens (tertiary/aromatic N) is 3. The molecule has 0 atom stereocenters. The molecule has 0 spiro atoms. The predicted molar refractivity (Wildman–Crippen MR) is 85.5 cm³/mol. The van der Waals surface area contributed by atoms with E-state index in [0.717, 1.165) is 24.4 Å². The summed E-state index contributed by atoms with van der Waals surface area (Å²) in [4.78, 5) is 10.9. The van der Waals surface area contributed by atoms with E-state index >= 15 is 0 Å². The second-order valence-corrected chi connectivity index (χ2v) is 6.47. The minimum absolute atomic E-state index is 0.00433. The van der Waals surface area contributed by atoms with Crippen LogP contribution in [-0.2, 0) is 4.79 Å². The van der Waals surface area contributed by atoms with Crippen LogP contribution in [0.2, 0.25) is 0 Å². The minimum atomic E-state index is -0.841. The zero-order valence-corrected chi connectivity index (χ0v) is 13.1. The van der Waals surface area contributed by atoms with Crippen LogP contribution in [0.5, 0.6) is 0 Å². The molecule has 0 aliphatic heterocycles. The fourth-order valence-electron chi connectivity index (χ4n) is 2.95. The zero-order chi connectivity index (χ0) is 15.4. The maximum absolute atomic E-state index is 10.9. The monoisotopic (exact) mass is 317 g/mol. The van der Waals surface area contributed by atoms with Crippen LogP contribution in [-0.4, -0.2) is 31.6 Å². The number of carbonyl (C=O) groups is 1. The summed E-state index contributed by atoms with van der Waals surface area (Å²) in [6.07, 6.45) is 6.01. The number of hydrogen-bond acceptors (Lipinski definition) is 4. The van der Waals surface area contributed by atoms with Crippen LogP contribution in [0.1, 0.15) is 43.8 Å². The first kappa shape index (κ1) is 15.1. The van der Waals surface area contributed by atoms with Crippen LogP contribution >= 0.6 is 11.8 Å². The first-order valence-corrected chi connectivity index (χ1v) is 8.59. The van der Waals surface area contributed by atoms with E-state index in [-0.39, 0.29) is 5.75 Å². The Morgan fingerprint density at radius 2 is 1.91 bits per heavy atom. The number of rotatable bonds is 5. The van der Waals surface area contributed by atoms with Crippen molar-refractivity contribution in [3.63, 3.8) is 0 Å². The molecule has 1 aliphatic carbocycles. The van der Waals surface area contributed by atoms with E-state index in [9.17, 15) is 4.79 Å². The molecule has 0 saturated heterocycles. The van der Waals surface area contributed by atoms with Crippen molar-refractivity contribution in [3.05, 3.63) is 36.2 Å². The lowest BCUT2D eigenvalue weighted by Gasteiger charge is -2.21. The lowest BCUT2D eigenvalue weighted by Crippen LogP contribution is -2.12. The standard InChI is InChI=1S/C16H19N3O2S/c20-14(21)11-22-16-18-17-15(12-7-3-1-4-8-12)19(16)13-9-5-2-6-10-13/h2,5-6,9-10,12H,1,3-4,7-8,11H2,(H,20,21). The van der Waals surface area contributed by atoms with Crippen molar-refractivity contribution in [2.75, 3.05) is 5.75 Å². The van der Waals surface area contributed by atoms with Crippen molar-refractivity contribution in [2.24, 2.45) is 0 Å². The van der Waals surface area contributed by atoms with E-state index in [1.807, 2.05) is 34.9 Å². The topological polar surface area (TPSA) is 68.0 Å². The fourth-order valence-corrected chi connectivity index (χ4v) is 3.63. The summed E-state index contributed by atoms with van der Waals surface area (Å²) in [6.45, 7) is 0. The van der Waals surface area contributed by atoms with Crippen LogP contribution in [0.15, 0.2) is 35.5 Å². The number of carboxylic acid groups (broad SMARTS) is 1. The first-order valence-electron chi connectivity index (χ1n) is 7.61. The molecule has 0 amide bonds. The summed E-state index contributed by atoms with van der Waals surface area (Å²) in [5.74, 6) is 0.543. The Morgan fingerprint density at radius 3 is 2.59 bits per heavy atom. The van der Waals surface area contributed by atoms with Gasteiger partial charge in [-0.3, -0.25) is 9.36 Å². The van der Waals surface area contributed by atoms with Gasteiger partial charge in [-0.15, -0.1) is 10.2 Å². The van der Waals surface area contributed by atoms with Gasteiger partial charge in [0, 0.05) is 11.6 Å². The molecule has 2 aromatic rings. The van der Waals surface area contributed by atoms with Gasteiger partial charge < -0.3 is 5.11 Å². The normalized spacial score (nSPS) is 15.8. The average molecular weight is 317 g/mol. The number of benzene rings is 1. The summed E-state index contributed by atoms with van der Waals surface area (Å²) in [6, 6.07) is 9.95. The van der Waals surface area contributed by atoms with Crippen molar-refractivity contribution in [1.82, 2.24) is 14.8 Å². The van der Waals surface area contributed by atoms with E-state index in [2.05, 4.69) is 10.2 Å². The van der Waals surface area contributed by atoms with Gasteiger partial charge in [-0.2, -0.15) is 0 Å². The van der Waals surface area contributed by atoms with E-state index in [4.69, 9.17) is 5.11 Å². The van der Waals surface area contributed by atoms with Crippen LogP contribution in [0.4, 0.5) is 0 Å². The van der Waals surface area contributed by atoms with Gasteiger partial charge in [-0.25, -0.2) is 0 Å². The van der Waals surface area contributed by atoms with Gasteiger partial charge in [0.15, 0.2) is 5.16 Å². The van der Waals surface area contributed by atoms with Gasteiger partial charge in [0.25, 0.3) is 0 Å². The Balaban J connectivity index is 1.97. The van der Waals surface area contributed by atoms with Gasteiger partial charge in [0.2, 0.25) is 0 Å². The summed E-state index contributed by atoms with van der Waals surface area (Å²) in [7, 11) is 0. The molecule has 0 radical (unpaired) electrons. The predicted octanol–water partition coefficient (Wildman–Crippen LogP) is 3.49. The number of carboxylic acids is 1. The van der Waals surface area contributed by atoms with E-state index in [1.165, 1.54) is 31.0 Å². The molecule has 1 aromatic carbocycles. The van der Waals surface area contributed by atoms with Gasteiger partial charge in [0.1, 0.15) is 5.82 Å². The molecular weight excluding hydrogens is 298 g/mol. The molecule has 1 saturated carbocycles. The second-order valence-electron chi connectivity index (χ2n) is 5.53. The molecule has 1 heterocycles. The highest BCUT2D eigenvalue weighted by Crippen LogP contribution is 2.34. The molecular formula is C16H19N3O2S. The van der Waals surface area contributed by atoms with Crippen molar-refractivity contribution < 1.29 is 9.90 Å². The van der Waals surface area contributed by atoms with Crippen LogP contribution < -0.4 is 0 Å². The van der Waals surface area contributed by atoms with Crippen LogP contribution in [0.25, 0.3) is 5.69 Å². The Hall–Kier alpha value is -1.82. The fraction of sp³-hybridized carbons (Fsp3) is 0.438. The number of hydrogen-bond donors (Lipinski definition) is 1. The third kappa shape index (κ3) is 3.32. The quantitative estimate of drug-likeness (QED) is 0.855. The zero-order valence-electron chi connectivity index (χ0n) is 12.3. The Morgan fingerprint density at radius 1 is 1.18 bits per heavy atom. The number of thioether (sulfide) groups is 1. The molecule has 1 fully saturated rings. The molecule has 5 nitrogen and oxygen atoms in total. The molecule has 1 aromatic heterocycles. The number of aromatic nitrogens is 3. The van der Waals surface area contributed by atoms with Gasteiger partial charge >= 0.3 is 5.97 Å². The number of para-hydroxylation sites is 1. The van der Waals surface area contributed by atoms with Gasteiger partial charge in [-0.1, -0.05) is 49.2 Å². The second kappa shape index (κ2) is 6.96. The average Bonchev–Trinajstić information content (AvgIpc) is 2.98. The lowest BCUT2D eigenvalue weighted by atomic mass is 9.88. The summed E-state index contributed by atoms with van der Waals surface area (Å²) < 4.78 is 2.03. The molecule has 0 bridgehead atoms. The third-order valence-electron chi connectivity index (χ3n) is 3.97. The van der Waals surface area contributed by atoms with E-state index in [0.29, 0.717) is 11.1 Å². The summed E-state index contributed by atoms with van der Waals surface area (Å²) in [5, 5.41) is 18.2. The van der Waals surface area contributed by atoms with Gasteiger partial charge in [-0.05, 0) is 25.0 Å². The van der Waals surface area contributed by atoms with E-state index in [1.54, 1.807) is 0 Å². The largest absolute Gasteiger partial charge is 0.481 e. The molecule has 1 aliphatic rings. The molecule has 3 rings (SSSR count). The molecule has 0 unspecified atom stereocenters. The molecule has 116 valence electrons. The maximum Gasteiger partial charge on any atom is 0.313 e.